The van der Waals surface area contributed by atoms with E-state index in [2.05, 4.69) is 32.6 Å². The summed E-state index contributed by atoms with van der Waals surface area (Å²) in [5, 5.41) is 11.2. The van der Waals surface area contributed by atoms with Gasteiger partial charge in [0.05, 0.1) is 0 Å². The fraction of sp³-hybridized carbons (Fsp3) is 0.300. The van der Waals surface area contributed by atoms with Crippen molar-refractivity contribution >= 4 is 11.7 Å². The van der Waals surface area contributed by atoms with Crippen molar-refractivity contribution < 1.29 is 4.79 Å². The Morgan fingerprint density at radius 3 is 2.96 bits per heavy atom. The monoisotopic (exact) mass is 347 g/mol. The molecular weight excluding hydrogens is 326 g/mol. The van der Waals surface area contributed by atoms with Crippen LogP contribution in [-0.4, -0.2) is 25.7 Å². The van der Waals surface area contributed by atoms with Crippen LogP contribution in [-0.2, 0) is 13.0 Å². The zero-order valence-electron chi connectivity index (χ0n) is 14.8. The molecule has 26 heavy (non-hydrogen) atoms. The molecular formula is C20H21N5O. The van der Waals surface area contributed by atoms with Gasteiger partial charge >= 0.3 is 0 Å². The fourth-order valence-corrected chi connectivity index (χ4v) is 3.32. The van der Waals surface area contributed by atoms with Crippen LogP contribution in [0.15, 0.2) is 42.7 Å². The Labute approximate surface area is 152 Å². The number of rotatable bonds is 0. The minimum atomic E-state index is -0.119. The number of nitrogens with zero attached hydrogens (tertiary/aromatic N) is 4. The highest BCUT2D eigenvalue weighted by Crippen LogP contribution is 2.21. The summed E-state index contributed by atoms with van der Waals surface area (Å²) in [5.74, 6) is 1.13. The topological polar surface area (TPSA) is 72.7 Å². The second-order valence-corrected chi connectivity index (χ2v) is 6.68. The Morgan fingerprint density at radius 1 is 1.12 bits per heavy atom. The number of hydrogen-bond acceptors (Lipinski definition) is 4. The van der Waals surface area contributed by atoms with Crippen LogP contribution in [0.4, 0.5) is 5.82 Å². The number of amides is 1. The Balaban J connectivity index is 1.74. The van der Waals surface area contributed by atoms with E-state index in [1.54, 1.807) is 12.4 Å². The number of aromatic nitrogens is 4. The number of pyridine rings is 1. The second-order valence-electron chi connectivity index (χ2n) is 6.68. The molecule has 2 aromatic heterocycles. The number of aryl methyl sites for hydroxylation is 3. The van der Waals surface area contributed by atoms with Gasteiger partial charge in [-0.1, -0.05) is 30.2 Å². The van der Waals surface area contributed by atoms with Gasteiger partial charge < -0.3 is 9.88 Å². The van der Waals surface area contributed by atoms with Gasteiger partial charge in [-0.3, -0.25) is 4.79 Å². The first-order valence-electron chi connectivity index (χ1n) is 8.97. The quantitative estimate of drug-likeness (QED) is 0.674. The van der Waals surface area contributed by atoms with Crippen molar-refractivity contribution in [2.24, 2.45) is 0 Å². The van der Waals surface area contributed by atoms with Crippen LogP contribution in [0.25, 0.3) is 11.5 Å². The van der Waals surface area contributed by atoms with Gasteiger partial charge in [0.2, 0.25) is 0 Å². The number of benzene rings is 1. The zero-order valence-corrected chi connectivity index (χ0v) is 14.8. The molecule has 6 heteroatoms. The standard InChI is InChI=1S/C20H21N5O/c1-14-9-10-15-6-3-2-4-11-25-13-21-24-19(25)17-7-5-8-18(22-17)23-20(26)16(15)12-14/h5,7-10,12-13H,2-4,6,11H2,1H3,(H,22,23,26). The average molecular weight is 347 g/mol. The van der Waals surface area contributed by atoms with E-state index in [0.717, 1.165) is 54.7 Å². The lowest BCUT2D eigenvalue weighted by Crippen LogP contribution is -2.16. The summed E-state index contributed by atoms with van der Waals surface area (Å²) in [7, 11) is 0. The zero-order chi connectivity index (χ0) is 17.9. The van der Waals surface area contributed by atoms with E-state index in [9.17, 15) is 4.79 Å². The number of carbonyl (C=O) groups excluding carboxylic acids is 1. The molecule has 1 aliphatic heterocycles. The molecule has 0 radical (unpaired) electrons. The molecule has 6 nitrogen and oxygen atoms in total. The summed E-state index contributed by atoms with van der Waals surface area (Å²) >= 11 is 0. The van der Waals surface area contributed by atoms with Gasteiger partial charge in [0, 0.05) is 12.1 Å². The van der Waals surface area contributed by atoms with Crippen LogP contribution >= 0.6 is 0 Å². The van der Waals surface area contributed by atoms with Gasteiger partial charge in [-0.05, 0) is 49.9 Å². The lowest BCUT2D eigenvalue weighted by molar-refractivity contribution is 0.102. The van der Waals surface area contributed by atoms with Gasteiger partial charge in [0.1, 0.15) is 17.8 Å². The maximum absolute atomic E-state index is 12.8. The van der Waals surface area contributed by atoms with Crippen molar-refractivity contribution in [2.75, 3.05) is 5.32 Å². The number of carbonyl (C=O) groups is 1. The third-order valence-electron chi connectivity index (χ3n) is 4.69. The molecule has 132 valence electrons. The van der Waals surface area contributed by atoms with Crippen LogP contribution in [0, 0.1) is 6.92 Å². The van der Waals surface area contributed by atoms with E-state index in [0.29, 0.717) is 11.5 Å². The van der Waals surface area contributed by atoms with Gasteiger partial charge in [0.25, 0.3) is 5.91 Å². The minimum Gasteiger partial charge on any atom is -0.312 e. The van der Waals surface area contributed by atoms with Crippen molar-refractivity contribution in [1.82, 2.24) is 19.7 Å². The first-order valence-corrected chi connectivity index (χ1v) is 8.97. The highest BCUT2D eigenvalue weighted by Gasteiger charge is 2.15. The fourth-order valence-electron chi connectivity index (χ4n) is 3.32. The van der Waals surface area contributed by atoms with Crippen LogP contribution in [0.2, 0.25) is 0 Å². The molecule has 4 rings (SSSR count). The predicted octanol–water partition coefficient (Wildman–Crippen LogP) is 3.63. The number of fused-ring (bicyclic) bond motifs is 5. The minimum absolute atomic E-state index is 0.119. The molecule has 1 amide bonds. The van der Waals surface area contributed by atoms with E-state index in [4.69, 9.17) is 0 Å². The summed E-state index contributed by atoms with van der Waals surface area (Å²) in [5.41, 5.74) is 3.61. The van der Waals surface area contributed by atoms with Crippen LogP contribution in [0.5, 0.6) is 0 Å². The second kappa shape index (κ2) is 7.07. The van der Waals surface area contributed by atoms with Gasteiger partial charge in [-0.15, -0.1) is 10.2 Å². The van der Waals surface area contributed by atoms with E-state index >= 15 is 0 Å². The Bertz CT molecular complexity index is 947. The molecule has 0 atom stereocenters. The molecule has 1 aliphatic rings. The summed E-state index contributed by atoms with van der Waals surface area (Å²) in [6.07, 6.45) is 5.81. The number of nitrogens with one attached hydrogen (secondary N) is 1. The van der Waals surface area contributed by atoms with Crippen molar-refractivity contribution in [1.29, 1.82) is 0 Å². The normalized spacial score (nSPS) is 14.7. The SMILES string of the molecule is Cc1ccc2c(c1)C(=O)Nc1cccc(n1)-c1nncn1CCCCC2. The number of anilines is 1. The third-order valence-corrected chi connectivity index (χ3v) is 4.69. The van der Waals surface area contributed by atoms with Crippen molar-refractivity contribution in [3.63, 3.8) is 0 Å². The lowest BCUT2D eigenvalue weighted by atomic mass is 9.98. The molecule has 3 heterocycles. The first kappa shape index (κ1) is 16.4. The highest BCUT2D eigenvalue weighted by atomic mass is 16.1. The molecule has 1 N–H and O–H groups in total. The maximum atomic E-state index is 12.8. The van der Waals surface area contributed by atoms with Gasteiger partial charge in [-0.2, -0.15) is 0 Å². The first-order chi connectivity index (χ1) is 12.7. The molecule has 0 fully saturated rings. The summed E-state index contributed by atoms with van der Waals surface area (Å²) < 4.78 is 2.02. The Hall–Kier alpha value is -3.02. The average Bonchev–Trinajstić information content (AvgIpc) is 3.10. The molecule has 2 bridgehead atoms. The van der Waals surface area contributed by atoms with Crippen molar-refractivity contribution in [3.05, 3.63) is 59.4 Å². The van der Waals surface area contributed by atoms with E-state index in [1.807, 2.05) is 29.7 Å². The summed E-state index contributed by atoms with van der Waals surface area (Å²) in [6, 6.07) is 11.6. The largest absolute Gasteiger partial charge is 0.312 e. The molecule has 0 spiro atoms. The molecule has 0 aliphatic carbocycles. The van der Waals surface area contributed by atoms with Crippen LogP contribution in [0.1, 0.15) is 40.7 Å². The molecule has 1 aromatic carbocycles. The number of hydrogen-bond donors (Lipinski definition) is 1. The predicted molar refractivity (Wildman–Crippen MR) is 99.9 cm³/mol. The smallest absolute Gasteiger partial charge is 0.257 e. The van der Waals surface area contributed by atoms with Crippen LogP contribution in [0.3, 0.4) is 0 Å². The van der Waals surface area contributed by atoms with Gasteiger partial charge in [-0.25, -0.2) is 4.98 Å². The van der Waals surface area contributed by atoms with Gasteiger partial charge in [0.15, 0.2) is 5.82 Å². The van der Waals surface area contributed by atoms with Crippen molar-refractivity contribution in [3.8, 4) is 11.5 Å². The van der Waals surface area contributed by atoms with Crippen molar-refractivity contribution in [2.45, 2.75) is 39.2 Å². The molecule has 0 saturated heterocycles. The van der Waals surface area contributed by atoms with E-state index in [1.165, 1.54) is 0 Å². The summed E-state index contributed by atoms with van der Waals surface area (Å²) in [6.45, 7) is 2.87. The molecule has 0 saturated carbocycles. The lowest BCUT2D eigenvalue weighted by Gasteiger charge is -2.13. The maximum Gasteiger partial charge on any atom is 0.257 e. The molecule has 3 aromatic rings. The Morgan fingerprint density at radius 2 is 2.04 bits per heavy atom. The highest BCUT2D eigenvalue weighted by molar-refractivity contribution is 6.05. The summed E-state index contributed by atoms with van der Waals surface area (Å²) in [4.78, 5) is 17.4. The molecule has 0 unspecified atom stereocenters. The van der Waals surface area contributed by atoms with E-state index in [-0.39, 0.29) is 5.91 Å². The Kier molecular flexibility index (Phi) is 4.48. The van der Waals surface area contributed by atoms with Crippen LogP contribution < -0.4 is 5.32 Å². The third kappa shape index (κ3) is 3.35. The van der Waals surface area contributed by atoms with E-state index < -0.39 is 0 Å².